The predicted octanol–water partition coefficient (Wildman–Crippen LogP) is -0.574. The molecule has 0 radical (unpaired) electrons. The van der Waals surface area contributed by atoms with E-state index in [2.05, 4.69) is 4.90 Å². The second kappa shape index (κ2) is 6.05. The van der Waals surface area contributed by atoms with Gasteiger partial charge in [0.15, 0.2) is 0 Å². The summed E-state index contributed by atoms with van der Waals surface area (Å²) in [4.78, 5) is 15.0. The molecule has 0 aromatic rings. The summed E-state index contributed by atoms with van der Waals surface area (Å²) in [5.41, 5.74) is 5.42. The van der Waals surface area contributed by atoms with Gasteiger partial charge in [0.25, 0.3) is 0 Å². The van der Waals surface area contributed by atoms with E-state index in [1.54, 1.807) is 0 Å². The van der Waals surface area contributed by atoms with Crippen LogP contribution in [0.3, 0.4) is 0 Å². The van der Waals surface area contributed by atoms with Gasteiger partial charge in [-0.05, 0) is 33.0 Å². The maximum atomic E-state index is 10.8. The number of carboxylic acid groups (broad SMARTS) is 1. The molecule has 0 aliphatic carbocycles. The molecule has 1 aliphatic heterocycles. The number of likely N-dealkylation sites (N-methyl/N-ethyl adjacent to an activating group) is 1. The number of carbonyl (C=O) groups is 1. The van der Waals surface area contributed by atoms with E-state index < -0.39 is 12.0 Å². The van der Waals surface area contributed by atoms with Crippen molar-refractivity contribution in [1.29, 1.82) is 0 Å². The molecule has 1 rings (SSSR count). The fraction of sp³-hybridized carbons (Fsp3) is 0.900. The van der Waals surface area contributed by atoms with E-state index in [0.717, 1.165) is 26.2 Å². The molecule has 1 aliphatic rings. The Bertz CT molecular complexity index is 205. The summed E-state index contributed by atoms with van der Waals surface area (Å²) in [5.74, 6) is -0.832. The molecular weight excluding hydrogens is 194 g/mol. The minimum atomic E-state index is -0.832. The summed E-state index contributed by atoms with van der Waals surface area (Å²) in [6.07, 6.45) is 2.53. The Balaban J connectivity index is 2.26. The maximum absolute atomic E-state index is 10.8. The zero-order chi connectivity index (χ0) is 11.3. The number of carboxylic acids is 1. The third-order valence-electron chi connectivity index (χ3n) is 3.01. The van der Waals surface area contributed by atoms with Gasteiger partial charge >= 0.3 is 5.97 Å². The number of nitrogens with zero attached hydrogens (tertiary/aromatic N) is 2. The molecule has 88 valence electrons. The Hall–Kier alpha value is -0.650. The van der Waals surface area contributed by atoms with Gasteiger partial charge in [0, 0.05) is 19.6 Å². The van der Waals surface area contributed by atoms with Crippen LogP contribution in [0.4, 0.5) is 0 Å². The van der Waals surface area contributed by atoms with Gasteiger partial charge in [-0.3, -0.25) is 9.69 Å². The fourth-order valence-corrected chi connectivity index (χ4v) is 1.93. The van der Waals surface area contributed by atoms with Gasteiger partial charge in [0.05, 0.1) is 0 Å². The normalized spacial score (nSPS) is 19.7. The van der Waals surface area contributed by atoms with E-state index in [-0.39, 0.29) is 6.54 Å². The lowest BCUT2D eigenvalue weighted by Crippen LogP contribution is -2.46. The summed E-state index contributed by atoms with van der Waals surface area (Å²) in [6, 6.07) is -0.549. The number of likely N-dealkylation sites (tertiary alicyclic amines) is 1. The van der Waals surface area contributed by atoms with Gasteiger partial charge in [0.2, 0.25) is 0 Å². The topological polar surface area (TPSA) is 69.8 Å². The van der Waals surface area contributed by atoms with Crippen molar-refractivity contribution >= 4 is 5.97 Å². The maximum Gasteiger partial charge on any atom is 0.322 e. The molecule has 0 aromatic carbocycles. The molecular formula is C10H21N3O2. The van der Waals surface area contributed by atoms with Gasteiger partial charge in [-0.25, -0.2) is 0 Å². The van der Waals surface area contributed by atoms with Crippen molar-refractivity contribution in [2.75, 3.05) is 39.8 Å². The minimum Gasteiger partial charge on any atom is -0.480 e. The zero-order valence-corrected chi connectivity index (χ0v) is 9.35. The molecule has 15 heavy (non-hydrogen) atoms. The highest BCUT2D eigenvalue weighted by Gasteiger charge is 2.21. The van der Waals surface area contributed by atoms with Crippen LogP contribution < -0.4 is 5.73 Å². The van der Waals surface area contributed by atoms with Crippen molar-refractivity contribution in [3.63, 3.8) is 0 Å². The van der Waals surface area contributed by atoms with E-state index in [4.69, 9.17) is 10.8 Å². The van der Waals surface area contributed by atoms with E-state index in [1.807, 2.05) is 11.9 Å². The summed E-state index contributed by atoms with van der Waals surface area (Å²) >= 11 is 0. The number of aliphatic carboxylic acids is 1. The highest BCUT2D eigenvalue weighted by atomic mass is 16.4. The molecule has 5 heteroatoms. The Morgan fingerprint density at radius 1 is 1.53 bits per heavy atom. The third kappa shape index (κ3) is 3.77. The van der Waals surface area contributed by atoms with Crippen molar-refractivity contribution in [3.05, 3.63) is 0 Å². The Morgan fingerprint density at radius 2 is 2.13 bits per heavy atom. The predicted molar refractivity (Wildman–Crippen MR) is 58.8 cm³/mol. The van der Waals surface area contributed by atoms with Crippen molar-refractivity contribution in [2.24, 2.45) is 5.73 Å². The molecule has 0 amide bonds. The fourth-order valence-electron chi connectivity index (χ4n) is 1.93. The van der Waals surface area contributed by atoms with Crippen molar-refractivity contribution < 1.29 is 9.90 Å². The Kier molecular flexibility index (Phi) is 5.01. The van der Waals surface area contributed by atoms with Gasteiger partial charge in [-0.2, -0.15) is 0 Å². The van der Waals surface area contributed by atoms with Crippen LogP contribution >= 0.6 is 0 Å². The van der Waals surface area contributed by atoms with E-state index in [0.29, 0.717) is 0 Å². The second-order valence-corrected chi connectivity index (χ2v) is 4.12. The zero-order valence-electron chi connectivity index (χ0n) is 9.35. The van der Waals surface area contributed by atoms with E-state index >= 15 is 0 Å². The average Bonchev–Trinajstić information content (AvgIpc) is 2.67. The summed E-state index contributed by atoms with van der Waals surface area (Å²) in [7, 11) is 1.82. The van der Waals surface area contributed by atoms with Crippen LogP contribution in [0.5, 0.6) is 0 Å². The molecule has 0 saturated carbocycles. The molecule has 1 atom stereocenters. The second-order valence-electron chi connectivity index (χ2n) is 4.12. The third-order valence-corrected chi connectivity index (χ3v) is 3.01. The summed E-state index contributed by atoms with van der Waals surface area (Å²) in [6.45, 7) is 4.18. The highest BCUT2D eigenvalue weighted by Crippen LogP contribution is 2.07. The highest BCUT2D eigenvalue weighted by molar-refractivity contribution is 5.73. The summed E-state index contributed by atoms with van der Waals surface area (Å²) < 4.78 is 0. The molecule has 1 heterocycles. The lowest BCUT2D eigenvalue weighted by molar-refractivity contribution is -0.142. The molecule has 0 aromatic heterocycles. The van der Waals surface area contributed by atoms with Crippen LogP contribution in [0.2, 0.25) is 0 Å². The molecule has 0 bridgehead atoms. The van der Waals surface area contributed by atoms with Crippen LogP contribution in [0.1, 0.15) is 12.8 Å². The van der Waals surface area contributed by atoms with Crippen LogP contribution in [0, 0.1) is 0 Å². The molecule has 3 N–H and O–H groups in total. The first-order valence-electron chi connectivity index (χ1n) is 5.50. The Labute approximate surface area is 90.8 Å². The smallest absolute Gasteiger partial charge is 0.322 e. The molecule has 1 fully saturated rings. The lowest BCUT2D eigenvalue weighted by atomic mass is 10.2. The largest absolute Gasteiger partial charge is 0.480 e. The van der Waals surface area contributed by atoms with Gasteiger partial charge in [-0.1, -0.05) is 0 Å². The first kappa shape index (κ1) is 12.4. The average molecular weight is 215 g/mol. The molecule has 1 saturated heterocycles. The number of nitrogens with two attached hydrogens (primary N) is 1. The monoisotopic (exact) mass is 215 g/mol. The summed E-state index contributed by atoms with van der Waals surface area (Å²) in [5, 5.41) is 8.90. The van der Waals surface area contributed by atoms with Gasteiger partial charge in [-0.15, -0.1) is 0 Å². The van der Waals surface area contributed by atoms with Crippen LogP contribution in [0.25, 0.3) is 0 Å². The van der Waals surface area contributed by atoms with Crippen LogP contribution in [-0.4, -0.2) is 66.7 Å². The van der Waals surface area contributed by atoms with Gasteiger partial charge in [0.1, 0.15) is 6.04 Å². The van der Waals surface area contributed by atoms with E-state index in [9.17, 15) is 4.79 Å². The van der Waals surface area contributed by atoms with Crippen molar-refractivity contribution in [3.8, 4) is 0 Å². The number of hydrogen-bond acceptors (Lipinski definition) is 4. The van der Waals surface area contributed by atoms with E-state index in [1.165, 1.54) is 12.8 Å². The molecule has 0 spiro atoms. The van der Waals surface area contributed by atoms with Gasteiger partial charge < -0.3 is 15.7 Å². The Morgan fingerprint density at radius 3 is 2.60 bits per heavy atom. The number of rotatable bonds is 6. The first-order chi connectivity index (χ1) is 7.15. The molecule has 1 unspecified atom stereocenters. The first-order valence-corrected chi connectivity index (χ1v) is 5.50. The molecule has 5 nitrogen and oxygen atoms in total. The lowest BCUT2D eigenvalue weighted by Gasteiger charge is -2.25. The minimum absolute atomic E-state index is 0.172. The SMILES string of the molecule is CN(CCN1CCCC1)C(CN)C(=O)O. The van der Waals surface area contributed by atoms with Crippen LogP contribution in [-0.2, 0) is 4.79 Å². The van der Waals surface area contributed by atoms with Crippen LogP contribution in [0.15, 0.2) is 0 Å². The van der Waals surface area contributed by atoms with Crippen molar-refractivity contribution in [2.45, 2.75) is 18.9 Å². The van der Waals surface area contributed by atoms with Crippen molar-refractivity contribution in [1.82, 2.24) is 9.80 Å². The standard InChI is InChI=1S/C10H21N3O2/c1-12(9(8-11)10(14)15)6-7-13-4-2-3-5-13/h9H,2-8,11H2,1H3,(H,14,15). The number of hydrogen-bond donors (Lipinski definition) is 2. The quantitative estimate of drug-likeness (QED) is 0.621.